The number of sulfonamides is 1. The third-order valence-corrected chi connectivity index (χ3v) is 6.17. The Balaban J connectivity index is 3.61. The molecule has 1 aromatic carbocycles. The largest absolute Gasteiger partial charge is 0.329 e. The lowest BCUT2D eigenvalue weighted by molar-refractivity contribution is 0.475. The Morgan fingerprint density at radius 2 is 1.26 bits per heavy atom. The SMILES string of the molecule is Cc1c(C)c(C)c(S(=O)(=O)N(C)CCN)c(C)c1C. The molecule has 0 spiro atoms. The Morgan fingerprint density at radius 3 is 1.63 bits per heavy atom. The van der Waals surface area contributed by atoms with Crippen LogP contribution in [0.3, 0.4) is 0 Å². The minimum Gasteiger partial charge on any atom is -0.329 e. The van der Waals surface area contributed by atoms with Crippen LogP contribution in [0.1, 0.15) is 27.8 Å². The van der Waals surface area contributed by atoms with Crippen LogP contribution in [0, 0.1) is 34.6 Å². The zero-order valence-corrected chi connectivity index (χ0v) is 13.5. The van der Waals surface area contributed by atoms with Crippen LogP contribution in [-0.2, 0) is 10.0 Å². The smallest absolute Gasteiger partial charge is 0.243 e. The Hall–Kier alpha value is -0.910. The molecule has 108 valence electrons. The number of likely N-dealkylation sites (N-methyl/N-ethyl adjacent to an activating group) is 1. The quantitative estimate of drug-likeness (QED) is 0.917. The Kier molecular flexibility index (Phi) is 4.76. The van der Waals surface area contributed by atoms with Crippen LogP contribution in [-0.4, -0.2) is 32.9 Å². The highest BCUT2D eigenvalue weighted by atomic mass is 32.2. The van der Waals surface area contributed by atoms with Crippen molar-refractivity contribution in [2.45, 2.75) is 39.5 Å². The molecule has 0 radical (unpaired) electrons. The van der Waals surface area contributed by atoms with Crippen molar-refractivity contribution in [3.8, 4) is 0 Å². The number of hydrogen-bond donors (Lipinski definition) is 1. The third-order valence-electron chi connectivity index (χ3n) is 4.04. The average molecular weight is 284 g/mol. The summed E-state index contributed by atoms with van der Waals surface area (Å²) in [5.74, 6) is 0. The van der Waals surface area contributed by atoms with Crippen LogP contribution < -0.4 is 5.73 Å². The van der Waals surface area contributed by atoms with E-state index in [4.69, 9.17) is 5.73 Å². The molecule has 0 bridgehead atoms. The van der Waals surface area contributed by atoms with Gasteiger partial charge in [0.2, 0.25) is 10.0 Å². The molecular formula is C14H24N2O2S. The first-order valence-corrected chi connectivity index (χ1v) is 7.83. The molecule has 0 atom stereocenters. The lowest BCUT2D eigenvalue weighted by Crippen LogP contribution is -2.33. The summed E-state index contributed by atoms with van der Waals surface area (Å²) in [6.07, 6.45) is 0. The van der Waals surface area contributed by atoms with E-state index in [1.807, 2.05) is 34.6 Å². The van der Waals surface area contributed by atoms with Gasteiger partial charge in [0.05, 0.1) is 4.90 Å². The van der Waals surface area contributed by atoms with E-state index in [-0.39, 0.29) is 0 Å². The van der Waals surface area contributed by atoms with Gasteiger partial charge in [0.15, 0.2) is 0 Å². The van der Waals surface area contributed by atoms with Gasteiger partial charge in [-0.1, -0.05) is 0 Å². The predicted octanol–water partition coefficient (Wildman–Crippen LogP) is 1.81. The van der Waals surface area contributed by atoms with Crippen LogP contribution in [0.25, 0.3) is 0 Å². The standard InChI is InChI=1S/C14H24N2O2S/c1-9-10(2)12(4)14(13(5)11(9)3)19(17,18)16(6)8-7-15/h7-8,15H2,1-6H3. The Labute approximate surface area is 116 Å². The minimum absolute atomic E-state index is 0.317. The Bertz CT molecular complexity index is 563. The van der Waals surface area contributed by atoms with Gasteiger partial charge in [-0.25, -0.2) is 8.42 Å². The second-order valence-corrected chi connectivity index (χ2v) is 7.05. The fourth-order valence-corrected chi connectivity index (χ4v) is 4.05. The van der Waals surface area contributed by atoms with E-state index in [2.05, 4.69) is 0 Å². The minimum atomic E-state index is -3.47. The molecule has 0 aliphatic carbocycles. The van der Waals surface area contributed by atoms with Crippen LogP contribution >= 0.6 is 0 Å². The van der Waals surface area contributed by atoms with Crippen molar-refractivity contribution in [2.24, 2.45) is 5.73 Å². The van der Waals surface area contributed by atoms with Crippen molar-refractivity contribution in [2.75, 3.05) is 20.1 Å². The van der Waals surface area contributed by atoms with Crippen LogP contribution in [0.15, 0.2) is 4.90 Å². The molecule has 2 N–H and O–H groups in total. The predicted molar refractivity (Wildman–Crippen MR) is 79.0 cm³/mol. The highest BCUT2D eigenvalue weighted by Gasteiger charge is 2.26. The fraction of sp³-hybridized carbons (Fsp3) is 0.571. The van der Waals surface area contributed by atoms with Crippen molar-refractivity contribution < 1.29 is 8.42 Å². The first-order chi connectivity index (χ1) is 8.66. The van der Waals surface area contributed by atoms with E-state index in [0.29, 0.717) is 18.0 Å². The summed E-state index contributed by atoms with van der Waals surface area (Å²) in [7, 11) is -1.90. The molecule has 0 heterocycles. The molecular weight excluding hydrogens is 260 g/mol. The lowest BCUT2D eigenvalue weighted by atomic mass is 9.95. The molecule has 4 nitrogen and oxygen atoms in total. The molecule has 0 fully saturated rings. The molecule has 0 aliphatic rings. The summed E-state index contributed by atoms with van der Waals surface area (Å²) in [6, 6.07) is 0. The lowest BCUT2D eigenvalue weighted by Gasteiger charge is -2.23. The molecule has 0 aromatic heterocycles. The van der Waals surface area contributed by atoms with Gasteiger partial charge in [0.1, 0.15) is 0 Å². The Morgan fingerprint density at radius 1 is 0.895 bits per heavy atom. The first kappa shape index (κ1) is 16.1. The first-order valence-electron chi connectivity index (χ1n) is 6.39. The van der Waals surface area contributed by atoms with Gasteiger partial charge in [0, 0.05) is 20.1 Å². The molecule has 19 heavy (non-hydrogen) atoms. The normalized spacial score (nSPS) is 12.2. The molecule has 0 saturated carbocycles. The van der Waals surface area contributed by atoms with Gasteiger partial charge in [-0.15, -0.1) is 0 Å². The number of rotatable bonds is 4. The highest BCUT2D eigenvalue weighted by Crippen LogP contribution is 2.30. The van der Waals surface area contributed by atoms with Crippen molar-refractivity contribution in [3.63, 3.8) is 0 Å². The van der Waals surface area contributed by atoms with Crippen LogP contribution in [0.5, 0.6) is 0 Å². The monoisotopic (exact) mass is 284 g/mol. The summed E-state index contributed by atoms with van der Waals surface area (Å²) in [6.45, 7) is 10.4. The molecule has 0 unspecified atom stereocenters. The summed E-state index contributed by atoms with van der Waals surface area (Å²) in [5.41, 5.74) is 10.4. The molecule has 0 saturated heterocycles. The zero-order chi connectivity index (χ0) is 15.0. The molecule has 1 rings (SSSR count). The topological polar surface area (TPSA) is 63.4 Å². The number of hydrogen-bond acceptors (Lipinski definition) is 3. The van der Waals surface area contributed by atoms with Gasteiger partial charge in [-0.2, -0.15) is 4.31 Å². The van der Waals surface area contributed by atoms with Crippen molar-refractivity contribution >= 4 is 10.0 Å². The maximum absolute atomic E-state index is 12.6. The van der Waals surface area contributed by atoms with Gasteiger partial charge >= 0.3 is 0 Å². The second kappa shape index (κ2) is 5.61. The molecule has 1 aromatic rings. The van der Waals surface area contributed by atoms with Crippen molar-refractivity contribution in [3.05, 3.63) is 27.8 Å². The van der Waals surface area contributed by atoms with Crippen molar-refractivity contribution in [1.29, 1.82) is 0 Å². The van der Waals surface area contributed by atoms with Gasteiger partial charge < -0.3 is 5.73 Å². The second-order valence-electron chi connectivity index (χ2n) is 5.07. The van der Waals surface area contributed by atoms with Gasteiger partial charge in [-0.3, -0.25) is 0 Å². The summed E-state index contributed by atoms with van der Waals surface area (Å²) < 4.78 is 26.6. The van der Waals surface area contributed by atoms with E-state index >= 15 is 0 Å². The average Bonchev–Trinajstić information content (AvgIpc) is 2.34. The van der Waals surface area contributed by atoms with Gasteiger partial charge in [-0.05, 0) is 62.4 Å². The molecule has 0 amide bonds. The number of benzene rings is 1. The van der Waals surface area contributed by atoms with E-state index in [0.717, 1.165) is 27.8 Å². The highest BCUT2D eigenvalue weighted by molar-refractivity contribution is 7.89. The van der Waals surface area contributed by atoms with E-state index < -0.39 is 10.0 Å². The third kappa shape index (κ3) is 2.68. The van der Waals surface area contributed by atoms with Crippen LogP contribution in [0.2, 0.25) is 0 Å². The van der Waals surface area contributed by atoms with E-state index in [9.17, 15) is 8.42 Å². The number of nitrogens with zero attached hydrogens (tertiary/aromatic N) is 1. The van der Waals surface area contributed by atoms with Gasteiger partial charge in [0.25, 0.3) is 0 Å². The summed E-state index contributed by atoms with van der Waals surface area (Å²) in [5, 5.41) is 0. The molecule has 0 aliphatic heterocycles. The maximum atomic E-state index is 12.6. The summed E-state index contributed by atoms with van der Waals surface area (Å²) >= 11 is 0. The maximum Gasteiger partial charge on any atom is 0.243 e. The number of nitrogens with two attached hydrogens (primary N) is 1. The fourth-order valence-electron chi connectivity index (χ4n) is 2.31. The van der Waals surface area contributed by atoms with Crippen molar-refractivity contribution in [1.82, 2.24) is 4.31 Å². The summed E-state index contributed by atoms with van der Waals surface area (Å²) in [4.78, 5) is 0.434. The van der Waals surface area contributed by atoms with Crippen LogP contribution in [0.4, 0.5) is 0 Å². The molecule has 5 heteroatoms. The van der Waals surface area contributed by atoms with E-state index in [1.54, 1.807) is 7.05 Å². The zero-order valence-electron chi connectivity index (χ0n) is 12.7. The van der Waals surface area contributed by atoms with E-state index in [1.165, 1.54) is 4.31 Å².